The summed E-state index contributed by atoms with van der Waals surface area (Å²) in [4.78, 5) is 2.34. The van der Waals surface area contributed by atoms with Crippen LogP contribution in [0.25, 0.3) is 17.0 Å². The molecule has 6 heteroatoms. The first kappa shape index (κ1) is 17.7. The molecule has 1 aliphatic heterocycles. The van der Waals surface area contributed by atoms with Gasteiger partial charge in [0.05, 0.1) is 6.61 Å². The molecule has 1 fully saturated rings. The zero-order valence-corrected chi connectivity index (χ0v) is 16.2. The van der Waals surface area contributed by atoms with E-state index in [1.54, 1.807) is 0 Å². The lowest BCUT2D eigenvalue weighted by Crippen LogP contribution is -2.38. The van der Waals surface area contributed by atoms with Crippen LogP contribution in [0.4, 0.5) is 5.82 Å². The summed E-state index contributed by atoms with van der Waals surface area (Å²) in [6.45, 7) is 2.67. The predicted molar refractivity (Wildman–Crippen MR) is 113 cm³/mol. The maximum atomic E-state index is 5.99. The van der Waals surface area contributed by atoms with Gasteiger partial charge in [0.1, 0.15) is 11.6 Å². The highest BCUT2D eigenvalue weighted by Crippen LogP contribution is 2.24. The highest BCUT2D eigenvalue weighted by Gasteiger charge is 2.22. The molecular formula is C23H23N5O. The lowest BCUT2D eigenvalue weighted by molar-refractivity contribution is 0.228. The van der Waals surface area contributed by atoms with Gasteiger partial charge >= 0.3 is 0 Å². The highest BCUT2D eigenvalue weighted by atomic mass is 16.5. The molecular weight excluding hydrogens is 362 g/mol. The summed E-state index contributed by atoms with van der Waals surface area (Å²) >= 11 is 0. The number of nitrogens with zero attached hydrogens (tertiary/aromatic N) is 5. The van der Waals surface area contributed by atoms with E-state index in [4.69, 9.17) is 9.84 Å². The van der Waals surface area contributed by atoms with Crippen LogP contribution in [-0.4, -0.2) is 39.5 Å². The van der Waals surface area contributed by atoms with Crippen molar-refractivity contribution >= 4 is 11.5 Å². The van der Waals surface area contributed by atoms with E-state index in [2.05, 4.69) is 15.1 Å². The van der Waals surface area contributed by atoms with Crippen LogP contribution in [0, 0.1) is 5.92 Å². The molecule has 0 bridgehead atoms. The summed E-state index contributed by atoms with van der Waals surface area (Å²) in [6.07, 6.45) is 2.31. The number of ether oxygens (including phenoxy) is 1. The summed E-state index contributed by atoms with van der Waals surface area (Å²) in [7, 11) is 0. The zero-order valence-electron chi connectivity index (χ0n) is 16.2. The van der Waals surface area contributed by atoms with Crippen molar-refractivity contribution in [3.63, 3.8) is 0 Å². The summed E-state index contributed by atoms with van der Waals surface area (Å²) in [5, 5.41) is 13.5. The van der Waals surface area contributed by atoms with Crippen LogP contribution in [0.1, 0.15) is 12.8 Å². The van der Waals surface area contributed by atoms with Crippen LogP contribution in [0.5, 0.6) is 5.75 Å². The van der Waals surface area contributed by atoms with Gasteiger partial charge in [-0.15, -0.1) is 15.3 Å². The lowest BCUT2D eigenvalue weighted by atomic mass is 9.99. The Hall–Kier alpha value is -3.41. The predicted octanol–water partition coefficient (Wildman–Crippen LogP) is 4.09. The molecule has 0 aliphatic carbocycles. The average molecular weight is 385 g/mol. The van der Waals surface area contributed by atoms with Crippen molar-refractivity contribution in [3.8, 4) is 17.1 Å². The second-order valence-corrected chi connectivity index (χ2v) is 7.43. The Morgan fingerprint density at radius 1 is 0.897 bits per heavy atom. The van der Waals surface area contributed by atoms with E-state index in [0.717, 1.165) is 54.7 Å². The number of benzene rings is 2. The topological polar surface area (TPSA) is 55.5 Å². The monoisotopic (exact) mass is 385 g/mol. The minimum Gasteiger partial charge on any atom is -0.493 e. The van der Waals surface area contributed by atoms with Crippen molar-refractivity contribution in [2.45, 2.75) is 12.8 Å². The van der Waals surface area contributed by atoms with E-state index in [1.807, 2.05) is 77.3 Å². The number of piperidine rings is 1. The fourth-order valence-electron chi connectivity index (χ4n) is 3.86. The number of rotatable bonds is 5. The van der Waals surface area contributed by atoms with Crippen LogP contribution < -0.4 is 9.64 Å². The number of fused-ring (bicyclic) bond motifs is 1. The van der Waals surface area contributed by atoms with Crippen molar-refractivity contribution in [3.05, 3.63) is 72.8 Å². The van der Waals surface area contributed by atoms with E-state index in [1.165, 1.54) is 6.42 Å². The molecule has 5 rings (SSSR count). The molecule has 0 N–H and O–H groups in total. The van der Waals surface area contributed by atoms with E-state index in [0.29, 0.717) is 5.92 Å². The third kappa shape index (κ3) is 3.78. The molecule has 4 aromatic rings. The minimum atomic E-state index is 0.482. The zero-order chi connectivity index (χ0) is 19.5. The fraction of sp³-hybridized carbons (Fsp3) is 0.261. The smallest absolute Gasteiger partial charge is 0.185 e. The lowest BCUT2D eigenvalue weighted by Gasteiger charge is -2.33. The molecule has 0 saturated carbocycles. The molecule has 0 radical (unpaired) electrons. The van der Waals surface area contributed by atoms with Crippen molar-refractivity contribution in [2.75, 3.05) is 24.6 Å². The van der Waals surface area contributed by atoms with E-state index in [9.17, 15) is 0 Å². The Kier molecular flexibility index (Phi) is 4.82. The molecule has 29 heavy (non-hydrogen) atoms. The third-order valence-electron chi connectivity index (χ3n) is 5.35. The van der Waals surface area contributed by atoms with Crippen LogP contribution in [0.15, 0.2) is 72.8 Å². The van der Waals surface area contributed by atoms with Crippen LogP contribution in [0.3, 0.4) is 0 Å². The first-order chi connectivity index (χ1) is 14.4. The molecule has 1 atom stereocenters. The average Bonchev–Trinajstić information content (AvgIpc) is 3.22. The second-order valence-electron chi connectivity index (χ2n) is 7.43. The Morgan fingerprint density at radius 3 is 2.52 bits per heavy atom. The van der Waals surface area contributed by atoms with Crippen molar-refractivity contribution < 1.29 is 4.74 Å². The van der Waals surface area contributed by atoms with Gasteiger partial charge in [-0.25, -0.2) is 0 Å². The molecule has 1 unspecified atom stereocenters. The molecule has 2 aromatic heterocycles. The Morgan fingerprint density at radius 2 is 1.69 bits per heavy atom. The van der Waals surface area contributed by atoms with Crippen molar-refractivity contribution in [1.82, 2.24) is 19.8 Å². The Balaban J connectivity index is 1.34. The van der Waals surface area contributed by atoms with Gasteiger partial charge in [0.25, 0.3) is 0 Å². The molecule has 2 aromatic carbocycles. The molecule has 1 saturated heterocycles. The normalized spacial score (nSPS) is 16.8. The summed E-state index contributed by atoms with van der Waals surface area (Å²) in [5.74, 6) is 3.14. The van der Waals surface area contributed by atoms with Gasteiger partial charge in [-0.05, 0) is 37.1 Å². The van der Waals surface area contributed by atoms with Gasteiger partial charge in [0.15, 0.2) is 11.5 Å². The van der Waals surface area contributed by atoms with Crippen LogP contribution >= 0.6 is 0 Å². The quantitative estimate of drug-likeness (QED) is 0.518. The maximum absolute atomic E-state index is 5.99. The number of para-hydroxylation sites is 1. The number of aromatic nitrogens is 4. The van der Waals surface area contributed by atoms with Gasteiger partial charge in [-0.1, -0.05) is 48.5 Å². The highest BCUT2D eigenvalue weighted by molar-refractivity contribution is 5.59. The summed E-state index contributed by atoms with van der Waals surface area (Å²) in [5.41, 5.74) is 1.77. The Labute approximate surface area is 169 Å². The van der Waals surface area contributed by atoms with Crippen molar-refractivity contribution in [1.29, 1.82) is 0 Å². The largest absolute Gasteiger partial charge is 0.493 e. The Bertz CT molecular complexity index is 1080. The van der Waals surface area contributed by atoms with Gasteiger partial charge in [0, 0.05) is 24.6 Å². The molecule has 3 heterocycles. The van der Waals surface area contributed by atoms with Crippen LogP contribution in [0.2, 0.25) is 0 Å². The SMILES string of the molecule is c1ccc(OCC2CCCN(c3ccc4nnc(-c5ccccc5)n4n3)C2)cc1. The first-order valence-electron chi connectivity index (χ1n) is 10.1. The third-order valence-corrected chi connectivity index (χ3v) is 5.35. The second kappa shape index (κ2) is 7.91. The molecule has 146 valence electrons. The molecule has 0 amide bonds. The minimum absolute atomic E-state index is 0.482. The van der Waals surface area contributed by atoms with Gasteiger partial charge in [-0.3, -0.25) is 0 Å². The number of anilines is 1. The van der Waals surface area contributed by atoms with E-state index in [-0.39, 0.29) is 0 Å². The first-order valence-corrected chi connectivity index (χ1v) is 10.1. The number of hydrogen-bond donors (Lipinski definition) is 0. The standard InChI is InChI=1S/C23H23N5O/c1-3-9-19(10-4-1)23-25-24-21-13-14-22(26-28(21)23)27-15-7-8-18(16-27)17-29-20-11-5-2-6-12-20/h1-6,9-14,18H,7-8,15-17H2. The summed E-state index contributed by atoms with van der Waals surface area (Å²) < 4.78 is 7.83. The molecule has 1 aliphatic rings. The maximum Gasteiger partial charge on any atom is 0.185 e. The van der Waals surface area contributed by atoms with Gasteiger partial charge in [0.2, 0.25) is 0 Å². The number of hydrogen-bond acceptors (Lipinski definition) is 5. The van der Waals surface area contributed by atoms with Crippen LogP contribution in [-0.2, 0) is 0 Å². The van der Waals surface area contributed by atoms with Gasteiger partial charge in [-0.2, -0.15) is 4.52 Å². The molecule has 6 nitrogen and oxygen atoms in total. The molecule has 0 spiro atoms. The van der Waals surface area contributed by atoms with E-state index < -0.39 is 0 Å². The fourth-order valence-corrected chi connectivity index (χ4v) is 3.86. The van der Waals surface area contributed by atoms with E-state index >= 15 is 0 Å². The van der Waals surface area contributed by atoms with Crippen molar-refractivity contribution in [2.24, 2.45) is 5.92 Å². The summed E-state index contributed by atoms with van der Waals surface area (Å²) in [6, 6.07) is 24.1. The van der Waals surface area contributed by atoms with Gasteiger partial charge < -0.3 is 9.64 Å².